The second-order valence-corrected chi connectivity index (χ2v) is 5.87. The Bertz CT molecular complexity index is 662. The van der Waals surface area contributed by atoms with Crippen molar-refractivity contribution in [2.24, 2.45) is 5.84 Å². The molecule has 0 spiro atoms. The van der Waals surface area contributed by atoms with Crippen molar-refractivity contribution in [2.75, 3.05) is 10.6 Å². The topological polar surface area (TPSA) is 41.3 Å². The van der Waals surface area contributed by atoms with Crippen LogP contribution in [0.15, 0.2) is 49.0 Å². The van der Waals surface area contributed by atoms with Gasteiger partial charge in [-0.25, -0.2) is 4.39 Å². The molecule has 6 heteroatoms. The maximum atomic E-state index is 14.3. The molecule has 0 aromatic heterocycles. The van der Waals surface area contributed by atoms with Gasteiger partial charge in [0.2, 0.25) is 0 Å². The van der Waals surface area contributed by atoms with E-state index in [0.29, 0.717) is 28.4 Å². The summed E-state index contributed by atoms with van der Waals surface area (Å²) in [6, 6.07) is 12.4. The predicted molar refractivity (Wildman–Crippen MR) is 105 cm³/mol. The van der Waals surface area contributed by atoms with Gasteiger partial charge >= 0.3 is 0 Å². The number of halogens is 2. The molecular weight excluding hydrogens is 345 g/mol. The number of rotatable bonds is 6. The van der Waals surface area contributed by atoms with Crippen LogP contribution in [0.25, 0.3) is 5.70 Å². The van der Waals surface area contributed by atoms with Gasteiger partial charge in [-0.2, -0.15) is 0 Å². The Kier molecular flexibility index (Phi) is 8.68. The van der Waals surface area contributed by atoms with E-state index < -0.39 is 0 Å². The predicted octanol–water partition coefficient (Wildman–Crippen LogP) is 5.22. The van der Waals surface area contributed by atoms with Crippen LogP contribution in [0.5, 0.6) is 0 Å². The van der Waals surface area contributed by atoms with E-state index in [4.69, 9.17) is 17.4 Å². The van der Waals surface area contributed by atoms with Gasteiger partial charge in [-0.1, -0.05) is 56.1 Å². The number of nitrogens with zero attached hydrogens (tertiary/aromatic N) is 1. The highest BCUT2D eigenvalue weighted by Gasteiger charge is 2.11. The number of benzene rings is 2. The molecule has 0 bridgehead atoms. The third-order valence-corrected chi connectivity index (χ3v) is 4.26. The van der Waals surface area contributed by atoms with Gasteiger partial charge in [0.15, 0.2) is 0 Å². The Hall–Kier alpha value is -1.69. The summed E-state index contributed by atoms with van der Waals surface area (Å²) >= 11 is 7.42. The molecule has 0 atom stereocenters. The minimum Gasteiger partial charge on any atom is -0.324 e. The molecular formula is C18H23ClFN3S. The van der Waals surface area contributed by atoms with E-state index in [1.54, 1.807) is 12.1 Å². The van der Waals surface area contributed by atoms with Gasteiger partial charge in [-0.05, 0) is 30.3 Å². The largest absolute Gasteiger partial charge is 0.324 e. The second-order valence-electron chi connectivity index (χ2n) is 4.62. The number of hydrogen-bond donors (Lipinski definition) is 2. The van der Waals surface area contributed by atoms with Crippen molar-refractivity contribution in [1.82, 2.24) is 5.43 Å². The fourth-order valence-electron chi connectivity index (χ4n) is 1.97. The van der Waals surface area contributed by atoms with Crippen molar-refractivity contribution < 1.29 is 4.39 Å². The zero-order valence-corrected chi connectivity index (χ0v) is 15.7. The zero-order chi connectivity index (χ0) is 18.1. The van der Waals surface area contributed by atoms with Gasteiger partial charge in [0.1, 0.15) is 5.82 Å². The van der Waals surface area contributed by atoms with E-state index in [1.807, 2.05) is 48.7 Å². The molecule has 3 nitrogen and oxygen atoms in total. The summed E-state index contributed by atoms with van der Waals surface area (Å²) in [4.78, 5) is 0. The minimum absolute atomic E-state index is 0.290. The van der Waals surface area contributed by atoms with Crippen LogP contribution >= 0.6 is 23.5 Å². The zero-order valence-electron chi connectivity index (χ0n) is 14.1. The van der Waals surface area contributed by atoms with E-state index in [0.717, 1.165) is 5.69 Å². The molecule has 0 aliphatic rings. The smallest absolute Gasteiger partial charge is 0.128 e. The average molecular weight is 368 g/mol. The molecule has 0 aliphatic carbocycles. The third kappa shape index (κ3) is 5.44. The van der Waals surface area contributed by atoms with Crippen molar-refractivity contribution in [3.05, 3.63) is 71.0 Å². The minimum atomic E-state index is -0.290. The highest BCUT2D eigenvalue weighted by atomic mass is 35.5. The van der Waals surface area contributed by atoms with Crippen LogP contribution in [0.2, 0.25) is 5.02 Å². The second kappa shape index (κ2) is 10.2. The number of hydrogen-bond acceptors (Lipinski definition) is 4. The molecule has 3 N–H and O–H groups in total. The lowest BCUT2D eigenvalue weighted by Gasteiger charge is -2.22. The molecule has 24 heavy (non-hydrogen) atoms. The normalized spacial score (nSPS) is 9.75. The first-order chi connectivity index (χ1) is 11.5. The third-order valence-electron chi connectivity index (χ3n) is 3.22. The maximum absolute atomic E-state index is 14.3. The monoisotopic (exact) mass is 367 g/mol. The Balaban J connectivity index is 0.00000139. The summed E-state index contributed by atoms with van der Waals surface area (Å²) in [6.45, 7) is 8.16. The lowest BCUT2D eigenvalue weighted by molar-refractivity contribution is 0.610. The lowest BCUT2D eigenvalue weighted by atomic mass is 10.1. The van der Waals surface area contributed by atoms with Crippen molar-refractivity contribution >= 4 is 34.9 Å². The number of hydrazine groups is 1. The van der Waals surface area contributed by atoms with Gasteiger partial charge < -0.3 is 9.73 Å². The van der Waals surface area contributed by atoms with Crippen LogP contribution < -0.4 is 15.6 Å². The van der Waals surface area contributed by atoms with E-state index in [1.165, 1.54) is 18.0 Å². The van der Waals surface area contributed by atoms with Crippen LogP contribution in [0.1, 0.15) is 25.0 Å². The molecule has 2 aromatic carbocycles. The van der Waals surface area contributed by atoms with Crippen molar-refractivity contribution in [3.8, 4) is 0 Å². The molecule has 0 saturated heterocycles. The summed E-state index contributed by atoms with van der Waals surface area (Å²) in [5, 5.41) is 0.674. The molecule has 0 radical (unpaired) electrons. The number of nitrogens with one attached hydrogen (secondary N) is 1. The van der Waals surface area contributed by atoms with Crippen molar-refractivity contribution in [1.29, 1.82) is 0 Å². The fraction of sp³-hybridized carbons (Fsp3) is 0.222. The first-order valence-electron chi connectivity index (χ1n) is 7.56. The molecule has 0 heterocycles. The van der Waals surface area contributed by atoms with Gasteiger partial charge in [0.05, 0.1) is 6.54 Å². The highest BCUT2D eigenvalue weighted by molar-refractivity contribution is 7.99. The van der Waals surface area contributed by atoms with E-state index in [2.05, 4.69) is 12.0 Å². The molecule has 0 aliphatic heterocycles. The summed E-state index contributed by atoms with van der Waals surface area (Å²) in [5.74, 6) is 5.00. The Morgan fingerprint density at radius 1 is 1.25 bits per heavy atom. The van der Waals surface area contributed by atoms with Crippen LogP contribution in [-0.2, 0) is 6.54 Å². The standard InChI is InChI=1S/C16H17ClFN3S.C2H6/c1-11(20-19)12-3-4-13(16(18)9-12)10-21(22-2)15-7-5-14(17)6-8-15;1-2/h3-9,20H,1,10,19H2,2H3;1-2H3. The highest BCUT2D eigenvalue weighted by Crippen LogP contribution is 2.26. The SMILES string of the molecule is C=C(NN)c1ccc(CN(SC)c2ccc(Cl)cc2)c(F)c1.CC. The number of anilines is 1. The fourth-order valence-corrected chi connectivity index (χ4v) is 2.70. The van der Waals surface area contributed by atoms with E-state index >= 15 is 0 Å². The Labute approximate surface area is 152 Å². The molecule has 130 valence electrons. The first-order valence-corrected chi connectivity index (χ1v) is 9.12. The van der Waals surface area contributed by atoms with Crippen LogP contribution in [-0.4, -0.2) is 6.26 Å². The number of nitrogens with two attached hydrogens (primary N) is 1. The van der Waals surface area contributed by atoms with Crippen molar-refractivity contribution in [3.63, 3.8) is 0 Å². The van der Waals surface area contributed by atoms with Gasteiger partial charge in [0, 0.05) is 33.8 Å². The molecule has 0 saturated carbocycles. The summed E-state index contributed by atoms with van der Waals surface area (Å²) in [5.41, 5.74) is 5.09. The summed E-state index contributed by atoms with van der Waals surface area (Å²) in [7, 11) is 0. The molecule has 0 amide bonds. The van der Waals surface area contributed by atoms with E-state index in [9.17, 15) is 4.39 Å². The van der Waals surface area contributed by atoms with E-state index in [-0.39, 0.29) is 5.82 Å². The molecule has 2 aromatic rings. The Morgan fingerprint density at radius 3 is 2.38 bits per heavy atom. The summed E-state index contributed by atoms with van der Waals surface area (Å²) < 4.78 is 16.2. The molecule has 0 unspecified atom stereocenters. The van der Waals surface area contributed by atoms with Gasteiger partial charge in [-0.3, -0.25) is 5.84 Å². The molecule has 0 fully saturated rings. The lowest BCUT2D eigenvalue weighted by Crippen LogP contribution is -2.19. The van der Waals surface area contributed by atoms with Gasteiger partial charge in [-0.15, -0.1) is 0 Å². The maximum Gasteiger partial charge on any atom is 0.128 e. The Morgan fingerprint density at radius 2 is 1.88 bits per heavy atom. The quantitative estimate of drug-likeness (QED) is 0.417. The molecule has 2 rings (SSSR count). The summed E-state index contributed by atoms with van der Waals surface area (Å²) in [6.07, 6.45) is 1.95. The van der Waals surface area contributed by atoms with Crippen LogP contribution in [0.3, 0.4) is 0 Å². The van der Waals surface area contributed by atoms with Gasteiger partial charge in [0.25, 0.3) is 0 Å². The first kappa shape index (κ1) is 20.4. The van der Waals surface area contributed by atoms with Crippen LogP contribution in [0, 0.1) is 5.82 Å². The van der Waals surface area contributed by atoms with Crippen molar-refractivity contribution in [2.45, 2.75) is 20.4 Å². The average Bonchev–Trinajstić information content (AvgIpc) is 2.62. The van der Waals surface area contributed by atoms with Crippen LogP contribution in [0.4, 0.5) is 10.1 Å².